The van der Waals surface area contributed by atoms with Gasteiger partial charge in [0.15, 0.2) is 0 Å². The number of aromatic nitrogens is 2. The monoisotopic (exact) mass is 555 g/mol. The van der Waals surface area contributed by atoms with Gasteiger partial charge in [0.2, 0.25) is 11.8 Å². The molecule has 1 atom stereocenters. The number of H-pyrrole nitrogens is 1. The number of nitrogens with one attached hydrogen (secondary N) is 2. The fourth-order valence-electron chi connectivity index (χ4n) is 3.30. The molecule has 3 rings (SSSR count). The number of aromatic amines is 1. The van der Waals surface area contributed by atoms with E-state index in [-0.39, 0.29) is 30.5 Å². The number of aliphatic hydroxyl groups is 1. The van der Waals surface area contributed by atoms with Crippen molar-refractivity contribution >= 4 is 34.2 Å². The van der Waals surface area contributed by atoms with E-state index in [1.54, 1.807) is 44.2 Å². The first-order valence-corrected chi connectivity index (χ1v) is 10.9. The molecule has 0 aliphatic carbocycles. The van der Waals surface area contributed by atoms with Gasteiger partial charge in [0, 0.05) is 9.13 Å². The summed E-state index contributed by atoms with van der Waals surface area (Å²) < 4.78 is 21.2. The normalized spacial score (nSPS) is 12.1. The van der Waals surface area contributed by atoms with Crippen LogP contribution in [0.5, 0.6) is 11.6 Å². The molecule has 0 spiro atoms. The number of anilines is 1. The highest BCUT2D eigenvalue weighted by Gasteiger charge is 2.30. The Kier molecular flexibility index (Phi) is 7.56. The smallest absolute Gasteiger partial charge is 0.329 e. The number of imidazole rings is 1. The van der Waals surface area contributed by atoms with Crippen molar-refractivity contribution < 1.29 is 24.1 Å². The second kappa shape index (κ2) is 10.2. The van der Waals surface area contributed by atoms with E-state index < -0.39 is 29.3 Å². The number of hydrogen-bond acceptors (Lipinski definition) is 5. The zero-order chi connectivity index (χ0) is 23.4. The molecule has 8 nitrogen and oxygen atoms in total. The fraction of sp³-hybridized carbons (Fsp3) is 0.273. The molecule has 170 valence electrons. The summed E-state index contributed by atoms with van der Waals surface area (Å²) in [7, 11) is 0. The highest BCUT2D eigenvalue weighted by atomic mass is 127. The molecule has 32 heavy (non-hydrogen) atoms. The minimum absolute atomic E-state index is 0.0113. The maximum atomic E-state index is 14.2. The second-order valence-electron chi connectivity index (χ2n) is 7.40. The Balaban J connectivity index is 1.93. The Hall–Kier alpha value is -2.86. The third-order valence-electron chi connectivity index (χ3n) is 4.77. The van der Waals surface area contributed by atoms with Crippen LogP contribution < -0.4 is 15.7 Å². The van der Waals surface area contributed by atoms with Crippen LogP contribution >= 0.6 is 22.6 Å². The van der Waals surface area contributed by atoms with Crippen LogP contribution in [0.2, 0.25) is 0 Å². The van der Waals surface area contributed by atoms with Gasteiger partial charge in [0.05, 0.1) is 12.3 Å². The quantitative estimate of drug-likeness (QED) is 0.318. The zero-order valence-electron chi connectivity index (χ0n) is 17.4. The summed E-state index contributed by atoms with van der Waals surface area (Å²) in [6.45, 7) is 3.47. The second-order valence-corrected chi connectivity index (χ2v) is 8.64. The average Bonchev–Trinajstić information content (AvgIpc) is 3.03. The number of aromatic hydroxyl groups is 1. The molecular formula is C22H23FIN3O5. The summed E-state index contributed by atoms with van der Waals surface area (Å²) in [6, 6.07) is 9.82. The van der Waals surface area contributed by atoms with Gasteiger partial charge in [-0.05, 0) is 71.0 Å². The maximum Gasteiger partial charge on any atom is 0.329 e. The number of carbonyl (C=O) groups is 1. The van der Waals surface area contributed by atoms with Crippen LogP contribution in [-0.2, 0) is 4.79 Å². The zero-order valence-corrected chi connectivity index (χ0v) is 19.6. The maximum absolute atomic E-state index is 14.2. The lowest BCUT2D eigenvalue weighted by Crippen LogP contribution is -2.35. The number of carbonyl (C=O) groups excluding carboxylic acids is 1. The van der Waals surface area contributed by atoms with Gasteiger partial charge >= 0.3 is 5.69 Å². The van der Waals surface area contributed by atoms with Crippen LogP contribution in [0, 0.1) is 15.3 Å². The lowest BCUT2D eigenvalue weighted by molar-refractivity contribution is -0.120. The minimum Gasteiger partial charge on any atom is -0.493 e. The number of nitrogens with zero attached hydrogens (tertiary/aromatic N) is 1. The lowest BCUT2D eigenvalue weighted by atomic mass is 10.0. The molecule has 0 saturated heterocycles. The molecule has 0 fully saturated rings. The van der Waals surface area contributed by atoms with Crippen molar-refractivity contribution in [3.05, 3.63) is 62.3 Å². The molecule has 0 unspecified atom stereocenters. The summed E-state index contributed by atoms with van der Waals surface area (Å²) in [5.41, 5.74) is -0.0400. The average molecular weight is 555 g/mol. The summed E-state index contributed by atoms with van der Waals surface area (Å²) >= 11 is 1.96. The molecule has 0 bridgehead atoms. The van der Waals surface area contributed by atoms with Gasteiger partial charge in [0.1, 0.15) is 29.9 Å². The van der Waals surface area contributed by atoms with E-state index in [4.69, 9.17) is 9.84 Å². The Morgan fingerprint density at radius 3 is 2.53 bits per heavy atom. The predicted molar refractivity (Wildman–Crippen MR) is 126 cm³/mol. The van der Waals surface area contributed by atoms with Crippen LogP contribution in [0.3, 0.4) is 0 Å². The minimum atomic E-state index is -1.08. The van der Waals surface area contributed by atoms with Crippen molar-refractivity contribution in [2.45, 2.75) is 19.9 Å². The number of hydrogen-bond donors (Lipinski definition) is 4. The first-order valence-electron chi connectivity index (χ1n) is 9.86. The predicted octanol–water partition coefficient (Wildman–Crippen LogP) is 3.50. The topological polar surface area (TPSA) is 117 Å². The van der Waals surface area contributed by atoms with Gasteiger partial charge in [-0.25, -0.2) is 13.8 Å². The van der Waals surface area contributed by atoms with Gasteiger partial charge < -0.3 is 25.3 Å². The van der Waals surface area contributed by atoms with Gasteiger partial charge in [0.25, 0.3) is 0 Å². The Morgan fingerprint density at radius 1 is 1.25 bits per heavy atom. The van der Waals surface area contributed by atoms with Crippen molar-refractivity contribution in [3.63, 3.8) is 0 Å². The van der Waals surface area contributed by atoms with Crippen molar-refractivity contribution in [1.82, 2.24) is 9.55 Å². The van der Waals surface area contributed by atoms with Crippen molar-refractivity contribution in [3.8, 4) is 22.9 Å². The van der Waals surface area contributed by atoms with E-state index in [0.717, 1.165) is 4.57 Å². The Morgan fingerprint density at radius 2 is 1.94 bits per heavy atom. The molecule has 4 N–H and O–H groups in total. The van der Waals surface area contributed by atoms with E-state index in [0.29, 0.717) is 14.9 Å². The molecule has 3 aromatic rings. The summed E-state index contributed by atoms with van der Waals surface area (Å²) in [5.74, 6) is -1.50. The summed E-state index contributed by atoms with van der Waals surface area (Å²) in [5, 5.41) is 22.2. The molecule has 1 heterocycles. The lowest BCUT2D eigenvalue weighted by Gasteiger charge is -2.22. The third-order valence-corrected chi connectivity index (χ3v) is 5.44. The Bertz CT molecular complexity index is 1160. The van der Waals surface area contributed by atoms with E-state index in [2.05, 4.69) is 10.3 Å². The number of halogens is 2. The SMILES string of the molecule is CC(C)[C@@H](C(=O)Nc1ccc(I)cc1F)n1c(O)c(-c2ccc(OCCO)cc2)[nH]c1=O. The Labute approximate surface area is 197 Å². The fourth-order valence-corrected chi connectivity index (χ4v) is 3.75. The van der Waals surface area contributed by atoms with Crippen molar-refractivity contribution in [2.75, 3.05) is 18.5 Å². The van der Waals surface area contributed by atoms with Crippen LogP contribution in [0.15, 0.2) is 47.3 Å². The largest absolute Gasteiger partial charge is 0.493 e. The molecule has 1 amide bonds. The van der Waals surface area contributed by atoms with Crippen molar-refractivity contribution in [2.24, 2.45) is 5.92 Å². The molecule has 1 aromatic heterocycles. The van der Waals surface area contributed by atoms with E-state index in [9.17, 15) is 19.1 Å². The molecule has 0 saturated carbocycles. The highest BCUT2D eigenvalue weighted by Crippen LogP contribution is 2.32. The van der Waals surface area contributed by atoms with E-state index in [1.165, 1.54) is 12.1 Å². The number of ether oxygens (including phenoxy) is 1. The number of benzene rings is 2. The van der Waals surface area contributed by atoms with Crippen LogP contribution in [0.4, 0.5) is 10.1 Å². The van der Waals surface area contributed by atoms with Gasteiger partial charge in [-0.1, -0.05) is 13.8 Å². The highest BCUT2D eigenvalue weighted by molar-refractivity contribution is 14.1. The van der Waals surface area contributed by atoms with Crippen LogP contribution in [0.25, 0.3) is 11.3 Å². The number of rotatable bonds is 8. The molecule has 0 radical (unpaired) electrons. The molecular weight excluding hydrogens is 532 g/mol. The standard InChI is InChI=1S/C22H23FIN3O5/c1-12(2)19(20(29)25-17-8-5-14(24)11-16(17)23)27-21(30)18(26-22(27)31)13-3-6-15(7-4-13)32-10-9-28/h3-8,11-12,19,28,30H,9-10H2,1-2H3,(H,25,29)(H,26,31)/t19-/m0/s1. The van der Waals surface area contributed by atoms with E-state index >= 15 is 0 Å². The first kappa shape index (κ1) is 23.8. The molecule has 10 heteroatoms. The van der Waals surface area contributed by atoms with Gasteiger partial charge in [-0.3, -0.25) is 4.79 Å². The molecule has 0 aliphatic heterocycles. The number of amides is 1. The van der Waals surface area contributed by atoms with Gasteiger partial charge in [-0.15, -0.1) is 0 Å². The van der Waals surface area contributed by atoms with Crippen LogP contribution in [-0.4, -0.2) is 38.9 Å². The van der Waals surface area contributed by atoms with Gasteiger partial charge in [-0.2, -0.15) is 0 Å². The third kappa shape index (κ3) is 5.13. The van der Waals surface area contributed by atoms with Crippen LogP contribution in [0.1, 0.15) is 19.9 Å². The van der Waals surface area contributed by atoms with Crippen molar-refractivity contribution in [1.29, 1.82) is 0 Å². The first-order chi connectivity index (χ1) is 15.2. The molecule has 0 aliphatic rings. The number of aliphatic hydroxyl groups excluding tert-OH is 1. The summed E-state index contributed by atoms with van der Waals surface area (Å²) in [4.78, 5) is 28.3. The molecule has 2 aromatic carbocycles. The van der Waals surface area contributed by atoms with E-state index in [1.807, 2.05) is 22.6 Å². The summed E-state index contributed by atoms with van der Waals surface area (Å²) in [6.07, 6.45) is 0.